The Kier molecular flexibility index (Phi) is 4.63. The molecule has 1 N–H and O–H groups in total. The molecule has 2 aromatic carbocycles. The topological polar surface area (TPSA) is 80.9 Å². The van der Waals surface area contributed by atoms with Crippen molar-refractivity contribution in [1.82, 2.24) is 15.2 Å². The summed E-state index contributed by atoms with van der Waals surface area (Å²) in [5.41, 5.74) is 2.47. The van der Waals surface area contributed by atoms with Crippen LogP contribution in [0.3, 0.4) is 0 Å². The summed E-state index contributed by atoms with van der Waals surface area (Å²) >= 11 is 5.91. The van der Waals surface area contributed by atoms with E-state index >= 15 is 0 Å². The lowest BCUT2D eigenvalue weighted by atomic mass is 10.1. The molecule has 0 saturated heterocycles. The molecule has 0 spiro atoms. The maximum absolute atomic E-state index is 12.4. The lowest BCUT2D eigenvalue weighted by Crippen LogP contribution is -2.12. The minimum absolute atomic E-state index is 0.248. The number of rotatable bonds is 4. The number of nitrogens with zero attached hydrogens (tertiary/aromatic N) is 3. The van der Waals surface area contributed by atoms with E-state index in [1.54, 1.807) is 60.9 Å². The number of hydrogen-bond acceptors (Lipinski definition) is 5. The van der Waals surface area contributed by atoms with Gasteiger partial charge >= 0.3 is 0 Å². The fraction of sp³-hybridized carbons (Fsp3) is 0. The van der Waals surface area contributed by atoms with Crippen LogP contribution >= 0.6 is 11.6 Å². The van der Waals surface area contributed by atoms with Crippen molar-refractivity contribution in [2.45, 2.75) is 0 Å². The number of nitrogens with one attached hydrogen (secondary N) is 1. The number of carbonyl (C=O) groups is 1. The SMILES string of the molecule is O=C(Nc1ccccc1-c1nnc(-c2ccc(Cl)cc2)o1)c1ccncc1. The largest absolute Gasteiger partial charge is 0.416 e. The first-order valence-electron chi connectivity index (χ1n) is 8.11. The molecule has 6 nitrogen and oxygen atoms in total. The molecule has 0 saturated carbocycles. The molecule has 132 valence electrons. The van der Waals surface area contributed by atoms with Crippen LogP contribution in [0, 0.1) is 0 Å². The van der Waals surface area contributed by atoms with Gasteiger partial charge in [0.25, 0.3) is 5.91 Å². The van der Waals surface area contributed by atoms with Gasteiger partial charge in [-0.2, -0.15) is 0 Å². The van der Waals surface area contributed by atoms with E-state index in [0.717, 1.165) is 5.56 Å². The molecule has 0 aliphatic heterocycles. The summed E-state index contributed by atoms with van der Waals surface area (Å²) in [6, 6.07) is 17.6. The van der Waals surface area contributed by atoms with Crippen molar-refractivity contribution in [3.8, 4) is 22.9 Å². The summed E-state index contributed by atoms with van der Waals surface area (Å²) in [7, 11) is 0. The van der Waals surface area contributed by atoms with Gasteiger partial charge in [-0.15, -0.1) is 10.2 Å². The van der Waals surface area contributed by atoms with Crippen LogP contribution in [-0.2, 0) is 0 Å². The second-order valence-electron chi connectivity index (χ2n) is 5.65. The summed E-state index contributed by atoms with van der Waals surface area (Å²) in [6.07, 6.45) is 3.13. The van der Waals surface area contributed by atoms with Crippen LogP contribution in [0.1, 0.15) is 10.4 Å². The first kappa shape index (κ1) is 16.9. The Labute approximate surface area is 159 Å². The molecule has 4 aromatic rings. The van der Waals surface area contributed by atoms with Gasteiger partial charge in [0, 0.05) is 28.5 Å². The smallest absolute Gasteiger partial charge is 0.255 e. The molecule has 0 bridgehead atoms. The van der Waals surface area contributed by atoms with Gasteiger partial charge in [0.15, 0.2) is 0 Å². The van der Waals surface area contributed by atoms with Crippen molar-refractivity contribution < 1.29 is 9.21 Å². The number of benzene rings is 2. The predicted molar refractivity (Wildman–Crippen MR) is 102 cm³/mol. The van der Waals surface area contributed by atoms with E-state index in [0.29, 0.717) is 33.6 Å². The van der Waals surface area contributed by atoms with Crippen LogP contribution < -0.4 is 5.32 Å². The molecule has 4 rings (SSSR count). The van der Waals surface area contributed by atoms with Crippen LogP contribution in [0.5, 0.6) is 0 Å². The molecule has 2 aromatic heterocycles. The summed E-state index contributed by atoms with van der Waals surface area (Å²) in [4.78, 5) is 16.4. The molecule has 2 heterocycles. The van der Waals surface area contributed by atoms with Gasteiger partial charge in [0.05, 0.1) is 11.3 Å². The Bertz CT molecular complexity index is 1080. The normalized spacial score (nSPS) is 10.6. The highest BCUT2D eigenvalue weighted by Crippen LogP contribution is 2.30. The third-order valence-electron chi connectivity index (χ3n) is 3.86. The van der Waals surface area contributed by atoms with Crippen LogP contribution in [0.4, 0.5) is 5.69 Å². The van der Waals surface area contributed by atoms with Gasteiger partial charge in [-0.1, -0.05) is 23.7 Å². The highest BCUT2D eigenvalue weighted by atomic mass is 35.5. The molecule has 0 aliphatic rings. The Morgan fingerprint density at radius 3 is 2.37 bits per heavy atom. The maximum Gasteiger partial charge on any atom is 0.255 e. The minimum atomic E-state index is -0.248. The highest BCUT2D eigenvalue weighted by Gasteiger charge is 2.15. The maximum atomic E-state index is 12.4. The van der Waals surface area contributed by atoms with Gasteiger partial charge in [-0.25, -0.2) is 0 Å². The quantitative estimate of drug-likeness (QED) is 0.558. The van der Waals surface area contributed by atoms with Gasteiger partial charge in [0.1, 0.15) is 0 Å². The number of anilines is 1. The number of para-hydroxylation sites is 1. The fourth-order valence-corrected chi connectivity index (χ4v) is 2.64. The standard InChI is InChI=1S/C20H13ClN4O2/c21-15-7-5-14(6-8-15)19-24-25-20(27-19)16-3-1-2-4-17(16)23-18(26)13-9-11-22-12-10-13/h1-12H,(H,23,26). The number of pyridine rings is 1. The highest BCUT2D eigenvalue weighted by molar-refractivity contribution is 6.30. The van der Waals surface area contributed by atoms with E-state index in [2.05, 4.69) is 20.5 Å². The molecule has 0 fully saturated rings. The summed E-state index contributed by atoms with van der Waals surface area (Å²) < 4.78 is 5.80. The van der Waals surface area contributed by atoms with E-state index < -0.39 is 0 Å². The first-order valence-corrected chi connectivity index (χ1v) is 8.49. The number of hydrogen-bond donors (Lipinski definition) is 1. The van der Waals surface area contributed by atoms with E-state index in [1.165, 1.54) is 0 Å². The van der Waals surface area contributed by atoms with Crippen LogP contribution in [0.15, 0.2) is 77.5 Å². The molecule has 0 atom stereocenters. The number of carbonyl (C=O) groups excluding carboxylic acids is 1. The average Bonchev–Trinajstić information content (AvgIpc) is 3.19. The average molecular weight is 377 g/mol. The van der Waals surface area contributed by atoms with Gasteiger partial charge in [-0.05, 0) is 48.5 Å². The lowest BCUT2D eigenvalue weighted by molar-refractivity contribution is 0.102. The van der Waals surface area contributed by atoms with E-state index in [-0.39, 0.29) is 5.91 Å². The Morgan fingerprint density at radius 1 is 0.889 bits per heavy atom. The molecule has 0 aliphatic carbocycles. The second-order valence-corrected chi connectivity index (χ2v) is 6.09. The summed E-state index contributed by atoms with van der Waals surface area (Å²) in [6.45, 7) is 0. The van der Waals surface area contributed by atoms with Crippen LogP contribution in [-0.4, -0.2) is 21.1 Å². The Hall–Kier alpha value is -3.51. The first-order chi connectivity index (χ1) is 13.2. The molecule has 27 heavy (non-hydrogen) atoms. The van der Waals surface area contributed by atoms with Crippen molar-refractivity contribution in [2.75, 3.05) is 5.32 Å². The lowest BCUT2D eigenvalue weighted by Gasteiger charge is -2.08. The predicted octanol–water partition coefficient (Wildman–Crippen LogP) is 4.70. The van der Waals surface area contributed by atoms with Crippen molar-refractivity contribution in [3.63, 3.8) is 0 Å². The summed E-state index contributed by atoms with van der Waals surface area (Å²) in [5.74, 6) is 0.435. The molecular formula is C20H13ClN4O2. The molecule has 7 heteroatoms. The van der Waals surface area contributed by atoms with Crippen LogP contribution in [0.25, 0.3) is 22.9 Å². The van der Waals surface area contributed by atoms with Crippen LogP contribution in [0.2, 0.25) is 5.02 Å². The zero-order valence-corrected chi connectivity index (χ0v) is 14.7. The zero-order chi connectivity index (χ0) is 18.6. The van der Waals surface area contributed by atoms with Gasteiger partial charge in [0.2, 0.25) is 11.8 Å². The third kappa shape index (κ3) is 3.70. The van der Waals surface area contributed by atoms with E-state index in [1.807, 2.05) is 12.1 Å². The second kappa shape index (κ2) is 7.39. The Balaban J connectivity index is 1.63. The minimum Gasteiger partial charge on any atom is -0.416 e. The zero-order valence-electron chi connectivity index (χ0n) is 14.0. The molecule has 1 amide bonds. The number of amides is 1. The van der Waals surface area contributed by atoms with Gasteiger partial charge < -0.3 is 9.73 Å². The monoisotopic (exact) mass is 376 g/mol. The summed E-state index contributed by atoms with van der Waals surface area (Å²) in [5, 5.41) is 11.7. The number of halogens is 1. The number of aromatic nitrogens is 3. The molecular weight excluding hydrogens is 364 g/mol. The van der Waals surface area contributed by atoms with Crippen molar-refractivity contribution in [3.05, 3.63) is 83.6 Å². The van der Waals surface area contributed by atoms with E-state index in [9.17, 15) is 4.79 Å². The molecule has 0 unspecified atom stereocenters. The van der Waals surface area contributed by atoms with Crippen molar-refractivity contribution in [2.24, 2.45) is 0 Å². The Morgan fingerprint density at radius 2 is 1.59 bits per heavy atom. The molecule has 0 radical (unpaired) electrons. The van der Waals surface area contributed by atoms with Crippen molar-refractivity contribution in [1.29, 1.82) is 0 Å². The fourth-order valence-electron chi connectivity index (χ4n) is 2.52. The van der Waals surface area contributed by atoms with Gasteiger partial charge in [-0.3, -0.25) is 9.78 Å². The third-order valence-corrected chi connectivity index (χ3v) is 4.12. The van der Waals surface area contributed by atoms with Crippen molar-refractivity contribution >= 4 is 23.2 Å². The van der Waals surface area contributed by atoms with E-state index in [4.69, 9.17) is 16.0 Å².